The lowest BCUT2D eigenvalue weighted by atomic mass is 10.3. The first-order valence-electron chi connectivity index (χ1n) is 8.02. The Morgan fingerprint density at radius 1 is 1.08 bits per heavy atom. The van der Waals surface area contributed by atoms with E-state index in [1.54, 1.807) is 10.6 Å². The molecule has 0 aliphatic rings. The highest BCUT2D eigenvalue weighted by molar-refractivity contribution is 5.35. The number of benzene rings is 1. The van der Waals surface area contributed by atoms with Crippen LogP contribution in [0.15, 0.2) is 71.9 Å². The van der Waals surface area contributed by atoms with Crippen molar-refractivity contribution < 1.29 is 0 Å². The van der Waals surface area contributed by atoms with Crippen molar-refractivity contribution in [1.82, 2.24) is 28.9 Å². The van der Waals surface area contributed by atoms with Crippen LogP contribution in [0.3, 0.4) is 0 Å². The Hall–Kier alpha value is -3.19. The lowest BCUT2D eigenvalue weighted by Crippen LogP contribution is -2.30. The minimum atomic E-state index is -0.137. The van der Waals surface area contributed by atoms with E-state index in [0.29, 0.717) is 18.9 Å². The van der Waals surface area contributed by atoms with Crippen molar-refractivity contribution >= 4 is 5.65 Å². The average molecular weight is 334 g/mol. The maximum absolute atomic E-state index is 12.3. The SMILES string of the molecule is CN(Cc1cnn(-c2ccccc2)c1)Cn1nc2ccccn2c1=O. The van der Waals surface area contributed by atoms with Crippen molar-refractivity contribution in [3.05, 3.63) is 83.2 Å². The molecule has 0 N–H and O–H groups in total. The molecule has 4 rings (SSSR count). The molecule has 126 valence electrons. The van der Waals surface area contributed by atoms with Crippen LogP contribution in [0.25, 0.3) is 11.3 Å². The van der Waals surface area contributed by atoms with Gasteiger partial charge in [0.15, 0.2) is 5.65 Å². The molecule has 0 atom stereocenters. The summed E-state index contributed by atoms with van der Waals surface area (Å²) in [4.78, 5) is 14.4. The van der Waals surface area contributed by atoms with Crippen LogP contribution in [0.5, 0.6) is 0 Å². The minimum absolute atomic E-state index is 0.137. The molecule has 4 aromatic rings. The molecule has 0 aliphatic carbocycles. The third-order valence-corrected chi connectivity index (χ3v) is 3.97. The van der Waals surface area contributed by atoms with Gasteiger partial charge in [-0.3, -0.25) is 9.30 Å². The number of aromatic nitrogens is 5. The standard InChI is InChI=1S/C18H18N6O/c1-21(14-24-18(25)22-10-6-5-9-17(22)20-24)12-15-11-19-23(13-15)16-7-3-2-4-8-16/h2-11,13H,12,14H2,1H3. The largest absolute Gasteiger partial charge is 0.351 e. The summed E-state index contributed by atoms with van der Waals surface area (Å²) >= 11 is 0. The Kier molecular flexibility index (Phi) is 3.91. The normalized spacial score (nSPS) is 11.4. The number of hydrogen-bond acceptors (Lipinski definition) is 4. The Balaban J connectivity index is 1.49. The second kappa shape index (κ2) is 6.37. The molecule has 0 saturated heterocycles. The van der Waals surface area contributed by atoms with Crippen molar-refractivity contribution in [1.29, 1.82) is 0 Å². The molecular weight excluding hydrogens is 316 g/mol. The van der Waals surface area contributed by atoms with Gasteiger partial charge < -0.3 is 0 Å². The first kappa shape index (κ1) is 15.3. The third kappa shape index (κ3) is 3.09. The quantitative estimate of drug-likeness (QED) is 0.558. The second-order valence-electron chi connectivity index (χ2n) is 6.00. The zero-order chi connectivity index (χ0) is 17.2. The molecule has 0 fully saturated rings. The van der Waals surface area contributed by atoms with E-state index < -0.39 is 0 Å². The van der Waals surface area contributed by atoms with E-state index in [1.165, 1.54) is 4.68 Å². The highest BCUT2D eigenvalue weighted by Crippen LogP contribution is 2.09. The summed E-state index contributed by atoms with van der Waals surface area (Å²) in [6.07, 6.45) is 5.57. The van der Waals surface area contributed by atoms with Gasteiger partial charge in [0, 0.05) is 24.5 Å². The van der Waals surface area contributed by atoms with Gasteiger partial charge >= 0.3 is 5.69 Å². The van der Waals surface area contributed by atoms with Crippen molar-refractivity contribution in [3.8, 4) is 5.69 Å². The predicted octanol–water partition coefficient (Wildman–Crippen LogP) is 1.77. The summed E-state index contributed by atoms with van der Waals surface area (Å²) < 4.78 is 4.86. The predicted molar refractivity (Wildman–Crippen MR) is 94.5 cm³/mol. The summed E-state index contributed by atoms with van der Waals surface area (Å²) in [6.45, 7) is 1.09. The number of nitrogens with zero attached hydrogens (tertiary/aromatic N) is 6. The molecule has 3 heterocycles. The van der Waals surface area contributed by atoms with Crippen molar-refractivity contribution in [2.24, 2.45) is 0 Å². The fraction of sp³-hybridized carbons (Fsp3) is 0.167. The van der Waals surface area contributed by atoms with Crippen molar-refractivity contribution in [2.75, 3.05) is 7.05 Å². The summed E-state index contributed by atoms with van der Waals surface area (Å²) in [5.74, 6) is 0. The summed E-state index contributed by atoms with van der Waals surface area (Å²) in [5, 5.41) is 8.75. The fourth-order valence-corrected chi connectivity index (χ4v) is 2.81. The molecule has 0 spiro atoms. The highest BCUT2D eigenvalue weighted by Gasteiger charge is 2.10. The lowest BCUT2D eigenvalue weighted by Gasteiger charge is -2.14. The molecule has 0 unspecified atom stereocenters. The smallest absolute Gasteiger partial charge is 0.283 e. The molecule has 0 amide bonds. The van der Waals surface area contributed by atoms with Crippen LogP contribution in [0.2, 0.25) is 0 Å². The molecule has 25 heavy (non-hydrogen) atoms. The molecule has 0 aliphatic heterocycles. The highest BCUT2D eigenvalue weighted by atomic mass is 16.2. The molecule has 7 heteroatoms. The minimum Gasteiger partial charge on any atom is -0.283 e. The van der Waals surface area contributed by atoms with E-state index in [2.05, 4.69) is 10.2 Å². The topological polar surface area (TPSA) is 60.4 Å². The Morgan fingerprint density at radius 3 is 2.68 bits per heavy atom. The maximum atomic E-state index is 12.3. The van der Waals surface area contributed by atoms with Gasteiger partial charge in [-0.25, -0.2) is 9.48 Å². The van der Waals surface area contributed by atoms with Gasteiger partial charge in [0.2, 0.25) is 0 Å². The average Bonchev–Trinajstić information content (AvgIpc) is 3.21. The van der Waals surface area contributed by atoms with Crippen LogP contribution >= 0.6 is 0 Å². The molecular formula is C18H18N6O. The van der Waals surface area contributed by atoms with Crippen molar-refractivity contribution in [3.63, 3.8) is 0 Å². The van der Waals surface area contributed by atoms with Gasteiger partial charge in [0.05, 0.1) is 18.6 Å². The molecule has 0 bridgehead atoms. The number of pyridine rings is 1. The monoisotopic (exact) mass is 334 g/mol. The molecule has 1 aromatic carbocycles. The van der Waals surface area contributed by atoms with Gasteiger partial charge in [-0.1, -0.05) is 24.3 Å². The second-order valence-corrected chi connectivity index (χ2v) is 6.00. The number of rotatable bonds is 5. The first-order chi connectivity index (χ1) is 12.2. The van der Waals surface area contributed by atoms with Crippen LogP contribution in [-0.4, -0.2) is 35.9 Å². The van der Waals surface area contributed by atoms with E-state index in [4.69, 9.17) is 0 Å². The van der Waals surface area contributed by atoms with Gasteiger partial charge in [-0.2, -0.15) is 9.78 Å². The van der Waals surface area contributed by atoms with Crippen LogP contribution in [0.4, 0.5) is 0 Å². The van der Waals surface area contributed by atoms with E-state index in [0.717, 1.165) is 11.3 Å². The maximum Gasteiger partial charge on any atom is 0.351 e. The lowest BCUT2D eigenvalue weighted by molar-refractivity contribution is 0.242. The van der Waals surface area contributed by atoms with Gasteiger partial charge in [-0.15, -0.1) is 5.10 Å². The van der Waals surface area contributed by atoms with Gasteiger partial charge in [-0.05, 0) is 31.3 Å². The van der Waals surface area contributed by atoms with E-state index in [-0.39, 0.29) is 5.69 Å². The molecule has 0 radical (unpaired) electrons. The zero-order valence-corrected chi connectivity index (χ0v) is 13.9. The first-order valence-corrected chi connectivity index (χ1v) is 8.02. The number of hydrogen-bond donors (Lipinski definition) is 0. The fourth-order valence-electron chi connectivity index (χ4n) is 2.81. The summed E-state index contributed by atoms with van der Waals surface area (Å²) in [5.41, 5.74) is 2.61. The Labute approximate surface area is 144 Å². The Bertz CT molecular complexity index is 1050. The van der Waals surface area contributed by atoms with Crippen LogP contribution in [0.1, 0.15) is 5.56 Å². The summed E-state index contributed by atoms with van der Waals surface area (Å²) in [6, 6.07) is 15.5. The summed E-state index contributed by atoms with van der Waals surface area (Å²) in [7, 11) is 1.95. The van der Waals surface area contributed by atoms with Crippen molar-refractivity contribution in [2.45, 2.75) is 13.2 Å². The van der Waals surface area contributed by atoms with Crippen LogP contribution < -0.4 is 5.69 Å². The van der Waals surface area contributed by atoms with E-state index >= 15 is 0 Å². The zero-order valence-electron chi connectivity index (χ0n) is 13.9. The molecule has 0 saturated carbocycles. The van der Waals surface area contributed by atoms with Gasteiger partial charge in [0.1, 0.15) is 0 Å². The van der Waals surface area contributed by atoms with Crippen LogP contribution in [-0.2, 0) is 13.2 Å². The van der Waals surface area contributed by atoms with E-state index in [1.807, 2.05) is 77.6 Å². The van der Waals surface area contributed by atoms with Gasteiger partial charge in [0.25, 0.3) is 0 Å². The molecule has 7 nitrogen and oxygen atoms in total. The third-order valence-electron chi connectivity index (χ3n) is 3.97. The van der Waals surface area contributed by atoms with E-state index in [9.17, 15) is 4.79 Å². The number of fused-ring (bicyclic) bond motifs is 1. The number of para-hydroxylation sites is 1. The molecule has 3 aromatic heterocycles. The Morgan fingerprint density at radius 2 is 1.88 bits per heavy atom. The van der Waals surface area contributed by atoms with Crippen LogP contribution in [0, 0.1) is 0 Å².